The zero-order valence-corrected chi connectivity index (χ0v) is 9.86. The molecule has 1 aromatic heterocycles. The van der Waals surface area contributed by atoms with Gasteiger partial charge in [-0.25, -0.2) is 4.68 Å². The summed E-state index contributed by atoms with van der Waals surface area (Å²) in [4.78, 5) is 14.0. The number of hydrogen-bond acceptors (Lipinski definition) is 4. The molecule has 2 heterocycles. The summed E-state index contributed by atoms with van der Waals surface area (Å²) in [5, 5.41) is 11.0. The van der Waals surface area contributed by atoms with Gasteiger partial charge in [-0.15, -0.1) is 5.10 Å². The summed E-state index contributed by atoms with van der Waals surface area (Å²) in [5.74, 6) is 0.107. The largest absolute Gasteiger partial charge is 0.339 e. The molecular weight excluding hydrogens is 230 g/mol. The summed E-state index contributed by atoms with van der Waals surface area (Å²) in [6.45, 7) is 1.74. The molecule has 1 saturated heterocycles. The van der Waals surface area contributed by atoms with Gasteiger partial charge in [0.1, 0.15) is 6.33 Å². The second-order valence-corrected chi connectivity index (χ2v) is 4.30. The van der Waals surface area contributed by atoms with Crippen molar-refractivity contribution in [3.63, 3.8) is 0 Å². The lowest BCUT2D eigenvalue weighted by molar-refractivity contribution is 0.0793. The van der Waals surface area contributed by atoms with Crippen LogP contribution in [0.1, 0.15) is 23.2 Å². The molecular formula is C12H13N5O. The Morgan fingerprint density at radius 1 is 1.11 bits per heavy atom. The zero-order valence-electron chi connectivity index (χ0n) is 9.86. The van der Waals surface area contributed by atoms with E-state index in [1.165, 1.54) is 6.33 Å². The summed E-state index contributed by atoms with van der Waals surface area (Å²) in [6, 6.07) is 7.33. The second-order valence-electron chi connectivity index (χ2n) is 4.30. The third kappa shape index (κ3) is 1.97. The third-order valence-electron chi connectivity index (χ3n) is 3.12. The molecule has 1 aliphatic rings. The molecule has 1 fully saturated rings. The Hall–Kier alpha value is -2.24. The van der Waals surface area contributed by atoms with Crippen LogP contribution in [0.25, 0.3) is 5.69 Å². The van der Waals surface area contributed by atoms with Gasteiger partial charge in [-0.3, -0.25) is 4.79 Å². The lowest BCUT2D eigenvalue weighted by Gasteiger charge is -2.15. The SMILES string of the molecule is O=C(c1ccc(-n2cnnn2)cc1)N1CCCC1. The predicted octanol–water partition coefficient (Wildman–Crippen LogP) is 0.898. The maximum Gasteiger partial charge on any atom is 0.253 e. The monoisotopic (exact) mass is 243 g/mol. The molecule has 6 nitrogen and oxygen atoms in total. The van der Waals surface area contributed by atoms with Crippen LogP contribution in [0.5, 0.6) is 0 Å². The van der Waals surface area contributed by atoms with Gasteiger partial charge in [0.25, 0.3) is 5.91 Å². The zero-order chi connectivity index (χ0) is 12.4. The van der Waals surface area contributed by atoms with Gasteiger partial charge in [-0.1, -0.05) is 0 Å². The highest BCUT2D eigenvalue weighted by molar-refractivity contribution is 5.94. The number of aromatic nitrogens is 4. The summed E-state index contributed by atoms with van der Waals surface area (Å²) in [6.07, 6.45) is 3.74. The van der Waals surface area contributed by atoms with Gasteiger partial charge in [-0.2, -0.15) is 0 Å². The molecule has 0 aliphatic carbocycles. The minimum Gasteiger partial charge on any atom is -0.339 e. The second kappa shape index (κ2) is 4.56. The Morgan fingerprint density at radius 2 is 1.83 bits per heavy atom. The Labute approximate surface area is 104 Å². The van der Waals surface area contributed by atoms with Gasteiger partial charge in [0.05, 0.1) is 5.69 Å². The standard InChI is InChI=1S/C12H13N5O/c18-12(16-7-1-2-8-16)10-3-5-11(6-4-10)17-9-13-14-15-17/h3-6,9H,1-2,7-8H2. The molecule has 0 radical (unpaired) electrons. The fraction of sp³-hybridized carbons (Fsp3) is 0.333. The van der Waals surface area contributed by atoms with Gasteiger partial charge < -0.3 is 4.90 Å². The predicted molar refractivity (Wildman–Crippen MR) is 64.3 cm³/mol. The topological polar surface area (TPSA) is 63.9 Å². The molecule has 18 heavy (non-hydrogen) atoms. The molecule has 2 aromatic rings. The van der Waals surface area contributed by atoms with Crippen molar-refractivity contribution in [1.29, 1.82) is 0 Å². The minimum absolute atomic E-state index is 0.107. The first-order chi connectivity index (χ1) is 8.84. The van der Waals surface area contributed by atoms with Crippen molar-refractivity contribution in [2.45, 2.75) is 12.8 Å². The molecule has 92 valence electrons. The quantitative estimate of drug-likeness (QED) is 0.786. The summed E-state index contributed by atoms with van der Waals surface area (Å²) < 4.78 is 1.56. The third-order valence-corrected chi connectivity index (χ3v) is 3.12. The highest BCUT2D eigenvalue weighted by Gasteiger charge is 2.19. The Balaban J connectivity index is 1.80. The van der Waals surface area contributed by atoms with Crippen LogP contribution in [-0.4, -0.2) is 44.1 Å². The minimum atomic E-state index is 0.107. The molecule has 0 atom stereocenters. The molecule has 0 spiro atoms. The summed E-state index contributed by atoms with van der Waals surface area (Å²) in [7, 11) is 0. The number of carbonyl (C=O) groups excluding carboxylic acids is 1. The Kier molecular flexibility index (Phi) is 2.76. The van der Waals surface area contributed by atoms with Crippen molar-refractivity contribution in [2.75, 3.05) is 13.1 Å². The maximum atomic E-state index is 12.1. The van der Waals surface area contributed by atoms with E-state index >= 15 is 0 Å². The summed E-state index contributed by atoms with van der Waals surface area (Å²) >= 11 is 0. The van der Waals surface area contributed by atoms with E-state index in [1.54, 1.807) is 4.68 Å². The van der Waals surface area contributed by atoms with Crippen molar-refractivity contribution in [2.24, 2.45) is 0 Å². The van der Waals surface area contributed by atoms with Gasteiger partial charge in [0, 0.05) is 18.7 Å². The van der Waals surface area contributed by atoms with Crippen molar-refractivity contribution in [1.82, 2.24) is 25.1 Å². The van der Waals surface area contributed by atoms with E-state index in [0.29, 0.717) is 5.56 Å². The smallest absolute Gasteiger partial charge is 0.253 e. The number of tetrazole rings is 1. The molecule has 0 bridgehead atoms. The first kappa shape index (κ1) is 10.9. The van der Waals surface area contributed by atoms with Crippen LogP contribution in [0.2, 0.25) is 0 Å². The molecule has 0 saturated carbocycles. The van der Waals surface area contributed by atoms with Crippen LogP contribution < -0.4 is 0 Å². The lowest BCUT2D eigenvalue weighted by atomic mass is 10.2. The van der Waals surface area contributed by atoms with Crippen LogP contribution in [0.3, 0.4) is 0 Å². The number of carbonyl (C=O) groups is 1. The van der Waals surface area contributed by atoms with E-state index in [1.807, 2.05) is 29.2 Å². The molecule has 6 heteroatoms. The van der Waals surface area contributed by atoms with Crippen LogP contribution in [-0.2, 0) is 0 Å². The van der Waals surface area contributed by atoms with E-state index < -0.39 is 0 Å². The summed E-state index contributed by atoms with van der Waals surface area (Å²) in [5.41, 5.74) is 1.56. The van der Waals surface area contributed by atoms with Gasteiger partial charge >= 0.3 is 0 Å². The number of hydrogen-bond donors (Lipinski definition) is 0. The van der Waals surface area contributed by atoms with E-state index in [9.17, 15) is 4.79 Å². The van der Waals surface area contributed by atoms with Gasteiger partial charge in [0.15, 0.2) is 0 Å². The first-order valence-electron chi connectivity index (χ1n) is 5.97. The highest BCUT2D eigenvalue weighted by Crippen LogP contribution is 2.14. The fourth-order valence-corrected chi connectivity index (χ4v) is 2.14. The lowest BCUT2D eigenvalue weighted by Crippen LogP contribution is -2.27. The molecule has 0 unspecified atom stereocenters. The maximum absolute atomic E-state index is 12.1. The van der Waals surface area contributed by atoms with Crippen LogP contribution in [0, 0.1) is 0 Å². The first-order valence-corrected chi connectivity index (χ1v) is 5.97. The molecule has 1 amide bonds. The number of nitrogens with zero attached hydrogens (tertiary/aromatic N) is 5. The Bertz CT molecular complexity index is 528. The van der Waals surface area contributed by atoms with Crippen LogP contribution >= 0.6 is 0 Å². The molecule has 0 N–H and O–H groups in total. The average Bonchev–Trinajstić information content (AvgIpc) is 3.11. The van der Waals surface area contributed by atoms with E-state index in [2.05, 4.69) is 15.5 Å². The van der Waals surface area contributed by atoms with Gasteiger partial charge in [0.2, 0.25) is 0 Å². The number of rotatable bonds is 2. The van der Waals surface area contributed by atoms with Crippen LogP contribution in [0.4, 0.5) is 0 Å². The fourth-order valence-electron chi connectivity index (χ4n) is 2.14. The van der Waals surface area contributed by atoms with Crippen molar-refractivity contribution in [3.8, 4) is 5.69 Å². The van der Waals surface area contributed by atoms with Crippen molar-refractivity contribution < 1.29 is 4.79 Å². The average molecular weight is 243 g/mol. The molecule has 1 aromatic carbocycles. The normalized spacial score (nSPS) is 15.0. The molecule has 3 rings (SSSR count). The van der Waals surface area contributed by atoms with Crippen molar-refractivity contribution >= 4 is 5.91 Å². The van der Waals surface area contributed by atoms with Crippen molar-refractivity contribution in [3.05, 3.63) is 36.2 Å². The van der Waals surface area contributed by atoms with E-state index in [4.69, 9.17) is 0 Å². The number of amides is 1. The van der Waals surface area contributed by atoms with E-state index in [-0.39, 0.29) is 5.91 Å². The highest BCUT2D eigenvalue weighted by atomic mass is 16.2. The Morgan fingerprint density at radius 3 is 2.44 bits per heavy atom. The van der Waals surface area contributed by atoms with Gasteiger partial charge in [-0.05, 0) is 47.5 Å². The van der Waals surface area contributed by atoms with Crippen LogP contribution in [0.15, 0.2) is 30.6 Å². The van der Waals surface area contributed by atoms with E-state index in [0.717, 1.165) is 31.6 Å². The number of benzene rings is 1. The molecule has 1 aliphatic heterocycles. The number of likely N-dealkylation sites (tertiary alicyclic amines) is 1.